The summed E-state index contributed by atoms with van der Waals surface area (Å²) in [5.74, 6) is 1.28. The molecule has 4 rings (SSSR count). The van der Waals surface area contributed by atoms with E-state index in [-0.39, 0.29) is 0 Å². The van der Waals surface area contributed by atoms with E-state index in [4.69, 9.17) is 9.97 Å². The van der Waals surface area contributed by atoms with Crippen LogP contribution in [0, 0.1) is 18.8 Å². The van der Waals surface area contributed by atoms with E-state index >= 15 is 0 Å². The molecule has 2 nitrogen and oxygen atoms in total. The molecule has 0 aliphatic carbocycles. The Morgan fingerprint density at radius 3 is 1.74 bits per heavy atom. The Morgan fingerprint density at radius 2 is 1.22 bits per heavy atom. The SMILES string of the molecule is Cc1cnc2c3cc(CC(C)C)ccc3c3ccc(CC(C)C)cc3c2n1. The van der Waals surface area contributed by atoms with Gasteiger partial charge in [0.1, 0.15) is 0 Å². The van der Waals surface area contributed by atoms with Crippen LogP contribution >= 0.6 is 0 Å². The lowest BCUT2D eigenvalue weighted by atomic mass is 9.93. The van der Waals surface area contributed by atoms with Gasteiger partial charge in [0.05, 0.1) is 16.7 Å². The molecule has 0 N–H and O–H groups in total. The van der Waals surface area contributed by atoms with Crippen molar-refractivity contribution in [3.8, 4) is 0 Å². The molecule has 1 heterocycles. The fourth-order valence-corrected chi connectivity index (χ4v) is 4.10. The van der Waals surface area contributed by atoms with E-state index in [9.17, 15) is 0 Å². The van der Waals surface area contributed by atoms with Crippen LogP contribution in [-0.2, 0) is 12.8 Å². The standard InChI is InChI=1S/C25H28N2/c1-15(2)10-18-6-8-20-21-9-7-19(11-16(3)4)13-23(21)25-24(22(20)12-18)26-14-17(5)27-25/h6-9,12-16H,10-11H2,1-5H3. The molecule has 0 radical (unpaired) electrons. The molecule has 0 spiro atoms. The average Bonchev–Trinajstić information content (AvgIpc) is 2.60. The average molecular weight is 357 g/mol. The quantitative estimate of drug-likeness (QED) is 0.383. The van der Waals surface area contributed by atoms with Crippen molar-refractivity contribution in [3.63, 3.8) is 0 Å². The van der Waals surface area contributed by atoms with Crippen molar-refractivity contribution in [1.29, 1.82) is 0 Å². The summed E-state index contributed by atoms with van der Waals surface area (Å²) in [4.78, 5) is 9.71. The summed E-state index contributed by atoms with van der Waals surface area (Å²) >= 11 is 0. The number of rotatable bonds is 4. The van der Waals surface area contributed by atoms with Crippen molar-refractivity contribution in [3.05, 3.63) is 59.4 Å². The molecule has 0 amide bonds. The van der Waals surface area contributed by atoms with Crippen LogP contribution in [0.25, 0.3) is 32.6 Å². The van der Waals surface area contributed by atoms with Gasteiger partial charge in [-0.25, -0.2) is 4.98 Å². The van der Waals surface area contributed by atoms with E-state index in [1.165, 1.54) is 32.7 Å². The highest BCUT2D eigenvalue weighted by Crippen LogP contribution is 2.35. The molecule has 138 valence electrons. The first-order chi connectivity index (χ1) is 12.9. The van der Waals surface area contributed by atoms with Gasteiger partial charge < -0.3 is 0 Å². The van der Waals surface area contributed by atoms with Gasteiger partial charge in [0, 0.05) is 17.0 Å². The summed E-state index contributed by atoms with van der Waals surface area (Å²) in [6.07, 6.45) is 4.06. The van der Waals surface area contributed by atoms with Crippen LogP contribution in [-0.4, -0.2) is 9.97 Å². The first kappa shape index (κ1) is 17.9. The summed E-state index contributed by atoms with van der Waals surface area (Å²) < 4.78 is 0. The highest BCUT2D eigenvalue weighted by molar-refractivity contribution is 6.23. The maximum absolute atomic E-state index is 4.90. The third-order valence-electron chi connectivity index (χ3n) is 5.15. The van der Waals surface area contributed by atoms with Gasteiger partial charge in [-0.15, -0.1) is 0 Å². The van der Waals surface area contributed by atoms with Gasteiger partial charge in [-0.2, -0.15) is 0 Å². The van der Waals surface area contributed by atoms with E-state index < -0.39 is 0 Å². The zero-order chi connectivity index (χ0) is 19.1. The minimum Gasteiger partial charge on any atom is -0.252 e. The van der Waals surface area contributed by atoms with Crippen molar-refractivity contribution < 1.29 is 0 Å². The molecule has 0 fully saturated rings. The first-order valence-corrected chi connectivity index (χ1v) is 10.0. The van der Waals surface area contributed by atoms with Crippen LogP contribution in [0.5, 0.6) is 0 Å². The highest BCUT2D eigenvalue weighted by atomic mass is 14.8. The van der Waals surface area contributed by atoms with Crippen LogP contribution in [0.2, 0.25) is 0 Å². The Balaban J connectivity index is 2.08. The number of hydrogen-bond donors (Lipinski definition) is 0. The highest BCUT2D eigenvalue weighted by Gasteiger charge is 2.13. The third-order valence-corrected chi connectivity index (χ3v) is 5.15. The number of benzene rings is 3. The minimum absolute atomic E-state index is 0.639. The van der Waals surface area contributed by atoms with E-state index in [1.54, 1.807) is 0 Å². The predicted octanol–water partition coefficient (Wildman–Crippen LogP) is 6.64. The summed E-state index contributed by atoms with van der Waals surface area (Å²) in [5, 5.41) is 5.00. The van der Waals surface area contributed by atoms with Crippen molar-refractivity contribution in [2.24, 2.45) is 11.8 Å². The zero-order valence-electron chi connectivity index (χ0n) is 17.0. The summed E-state index contributed by atoms with van der Waals surface area (Å²) in [5.41, 5.74) is 5.77. The number of hydrogen-bond acceptors (Lipinski definition) is 2. The maximum atomic E-state index is 4.90. The lowest BCUT2D eigenvalue weighted by Gasteiger charge is -2.13. The lowest BCUT2D eigenvalue weighted by Crippen LogP contribution is -1.97. The summed E-state index contributed by atoms with van der Waals surface area (Å²) in [7, 11) is 0. The molecule has 0 aliphatic rings. The Hall–Kier alpha value is -2.48. The second kappa shape index (κ2) is 6.92. The van der Waals surface area contributed by atoms with Gasteiger partial charge >= 0.3 is 0 Å². The molecular formula is C25H28N2. The van der Waals surface area contributed by atoms with Crippen molar-refractivity contribution in [2.75, 3.05) is 0 Å². The van der Waals surface area contributed by atoms with Gasteiger partial charge in [-0.1, -0.05) is 52.0 Å². The van der Waals surface area contributed by atoms with Crippen LogP contribution in [0.3, 0.4) is 0 Å². The fourth-order valence-electron chi connectivity index (χ4n) is 4.10. The molecule has 0 saturated carbocycles. The van der Waals surface area contributed by atoms with Crippen molar-refractivity contribution in [1.82, 2.24) is 9.97 Å². The smallest absolute Gasteiger partial charge is 0.0974 e. The minimum atomic E-state index is 0.639. The van der Waals surface area contributed by atoms with Crippen molar-refractivity contribution >= 4 is 32.6 Å². The Morgan fingerprint density at radius 1 is 0.704 bits per heavy atom. The molecule has 0 unspecified atom stereocenters. The molecule has 0 atom stereocenters. The Labute approximate surface area is 161 Å². The number of fused-ring (bicyclic) bond motifs is 6. The van der Waals surface area contributed by atoms with E-state index in [2.05, 4.69) is 64.1 Å². The Kier molecular flexibility index (Phi) is 4.59. The van der Waals surface area contributed by atoms with Gasteiger partial charge in [-0.3, -0.25) is 4.98 Å². The molecule has 4 aromatic rings. The third kappa shape index (κ3) is 3.41. The second-order valence-corrected chi connectivity index (χ2v) is 8.66. The zero-order valence-corrected chi connectivity index (χ0v) is 17.0. The lowest BCUT2D eigenvalue weighted by molar-refractivity contribution is 0.647. The van der Waals surface area contributed by atoms with E-state index in [0.29, 0.717) is 11.8 Å². The van der Waals surface area contributed by atoms with Crippen LogP contribution in [0.1, 0.15) is 44.5 Å². The van der Waals surface area contributed by atoms with Crippen molar-refractivity contribution in [2.45, 2.75) is 47.5 Å². The fraction of sp³-hybridized carbons (Fsp3) is 0.360. The second-order valence-electron chi connectivity index (χ2n) is 8.66. The Bertz CT molecular complexity index is 1140. The maximum Gasteiger partial charge on any atom is 0.0974 e. The van der Waals surface area contributed by atoms with E-state index in [1.807, 2.05) is 13.1 Å². The predicted molar refractivity (Wildman–Crippen MR) is 116 cm³/mol. The van der Waals surface area contributed by atoms with Crippen LogP contribution in [0.15, 0.2) is 42.6 Å². The van der Waals surface area contributed by atoms with Gasteiger partial charge in [-0.05, 0) is 65.6 Å². The van der Waals surface area contributed by atoms with Crippen LogP contribution < -0.4 is 0 Å². The molecule has 27 heavy (non-hydrogen) atoms. The largest absolute Gasteiger partial charge is 0.252 e. The topological polar surface area (TPSA) is 25.8 Å². The molecule has 0 bridgehead atoms. The van der Waals surface area contributed by atoms with Gasteiger partial charge in [0.2, 0.25) is 0 Å². The van der Waals surface area contributed by atoms with Crippen LogP contribution in [0.4, 0.5) is 0 Å². The number of aromatic nitrogens is 2. The van der Waals surface area contributed by atoms with E-state index in [0.717, 1.165) is 29.6 Å². The molecular weight excluding hydrogens is 328 g/mol. The number of nitrogens with zero attached hydrogens (tertiary/aromatic N) is 2. The molecule has 3 aromatic carbocycles. The number of aryl methyl sites for hydroxylation is 1. The first-order valence-electron chi connectivity index (χ1n) is 10.0. The summed E-state index contributed by atoms with van der Waals surface area (Å²) in [6, 6.07) is 13.8. The molecule has 2 heteroatoms. The normalized spacial score (nSPS) is 12.1. The molecule has 0 saturated heterocycles. The molecule has 1 aromatic heterocycles. The van der Waals surface area contributed by atoms with Gasteiger partial charge in [0.25, 0.3) is 0 Å². The monoisotopic (exact) mass is 356 g/mol. The summed E-state index contributed by atoms with van der Waals surface area (Å²) in [6.45, 7) is 11.1. The van der Waals surface area contributed by atoms with Gasteiger partial charge in [0.15, 0.2) is 0 Å². The molecule has 0 aliphatic heterocycles.